The maximum atomic E-state index is 12.6. The van der Waals surface area contributed by atoms with Crippen molar-refractivity contribution in [3.05, 3.63) is 29.8 Å². The van der Waals surface area contributed by atoms with Crippen molar-refractivity contribution in [3.63, 3.8) is 0 Å². The Bertz CT molecular complexity index is 710. The van der Waals surface area contributed by atoms with Crippen LogP contribution in [0.1, 0.15) is 84.1 Å². The summed E-state index contributed by atoms with van der Waals surface area (Å²) in [5.74, 6) is 0.335. The summed E-state index contributed by atoms with van der Waals surface area (Å²) in [5.41, 5.74) is 2.36. The van der Waals surface area contributed by atoms with Crippen molar-refractivity contribution in [2.75, 3.05) is 0 Å². The molecule has 0 aliphatic heterocycles. The minimum absolute atomic E-state index is 0.268. The normalized spacial score (nSPS) is 21.3. The Hall–Kier alpha value is -1.36. The van der Waals surface area contributed by atoms with Gasteiger partial charge < -0.3 is 0 Å². The monoisotopic (exact) mass is 392 g/mol. The van der Waals surface area contributed by atoms with E-state index in [1.165, 1.54) is 44.9 Å². The van der Waals surface area contributed by atoms with Gasteiger partial charge >= 0.3 is 0 Å². The fourth-order valence-corrected chi connectivity index (χ4v) is 4.87. The van der Waals surface area contributed by atoms with Gasteiger partial charge in [0.1, 0.15) is 0 Å². The Morgan fingerprint density at radius 2 is 1.70 bits per heavy atom. The van der Waals surface area contributed by atoms with E-state index >= 15 is 0 Å². The third kappa shape index (κ3) is 6.06. The van der Waals surface area contributed by atoms with Gasteiger partial charge in [-0.05, 0) is 62.5 Å². The van der Waals surface area contributed by atoms with Crippen molar-refractivity contribution in [1.82, 2.24) is 4.83 Å². The van der Waals surface area contributed by atoms with Crippen LogP contribution in [0.5, 0.6) is 0 Å². The van der Waals surface area contributed by atoms with Gasteiger partial charge in [-0.1, -0.05) is 64.2 Å². The van der Waals surface area contributed by atoms with Crippen LogP contribution in [0.2, 0.25) is 0 Å². The van der Waals surface area contributed by atoms with Crippen LogP contribution in [0.15, 0.2) is 34.3 Å². The Kier molecular flexibility index (Phi) is 7.90. The lowest BCUT2D eigenvalue weighted by molar-refractivity contribution is 0.185. The molecule has 152 valence electrons. The number of rotatable bonds is 9. The predicted octanol–water partition coefficient (Wildman–Crippen LogP) is 5.82. The van der Waals surface area contributed by atoms with Crippen LogP contribution in [0.3, 0.4) is 0 Å². The molecule has 0 spiro atoms. The second-order valence-corrected chi connectivity index (χ2v) is 10.00. The molecule has 0 aromatic heterocycles. The Labute approximate surface area is 165 Å². The van der Waals surface area contributed by atoms with E-state index in [4.69, 9.17) is 0 Å². The van der Waals surface area contributed by atoms with Crippen LogP contribution in [0.25, 0.3) is 0 Å². The van der Waals surface area contributed by atoms with Gasteiger partial charge in [-0.3, -0.25) is 0 Å². The molecule has 1 unspecified atom stereocenters. The predicted molar refractivity (Wildman–Crippen MR) is 113 cm³/mol. The van der Waals surface area contributed by atoms with Crippen molar-refractivity contribution in [2.24, 2.45) is 16.4 Å². The van der Waals surface area contributed by atoms with Gasteiger partial charge in [0.15, 0.2) is 0 Å². The number of hydrogen-bond donors (Lipinski definition) is 1. The minimum atomic E-state index is -3.61. The summed E-state index contributed by atoms with van der Waals surface area (Å²) in [6.07, 6.45) is 10.6. The first-order valence-electron chi connectivity index (χ1n) is 10.5. The zero-order valence-corrected chi connectivity index (χ0v) is 18.2. The summed E-state index contributed by atoms with van der Waals surface area (Å²) in [6.45, 7) is 8.59. The maximum absolute atomic E-state index is 12.6. The number of nitrogens with zero attached hydrogens (tertiary/aromatic N) is 1. The van der Waals surface area contributed by atoms with E-state index in [2.05, 4.69) is 30.7 Å². The third-order valence-electron chi connectivity index (χ3n) is 5.99. The molecule has 0 heterocycles. The summed E-state index contributed by atoms with van der Waals surface area (Å²) in [5, 5.41) is 4.42. The lowest BCUT2D eigenvalue weighted by atomic mass is 9.65. The van der Waals surface area contributed by atoms with Crippen LogP contribution in [0, 0.1) is 18.3 Å². The third-order valence-corrected chi connectivity index (χ3v) is 7.22. The van der Waals surface area contributed by atoms with E-state index < -0.39 is 10.0 Å². The standard InChI is InChI=1S/C22H36N2O2S/c1-5-7-14-22(15-8-6-2)16-13-19(4)21(17-22)23-24-27(25,26)20-11-9-18(3)10-12-20/h9-12,19,24H,5-8,13-17H2,1-4H3/b23-21-. The molecule has 1 fully saturated rings. The average molecular weight is 393 g/mol. The van der Waals surface area contributed by atoms with Gasteiger partial charge in [0.2, 0.25) is 0 Å². The lowest BCUT2D eigenvalue weighted by Gasteiger charge is -2.40. The molecule has 0 amide bonds. The molecule has 1 aliphatic carbocycles. The molecule has 27 heavy (non-hydrogen) atoms. The first-order chi connectivity index (χ1) is 12.8. The van der Waals surface area contributed by atoms with Gasteiger partial charge in [-0.25, -0.2) is 4.83 Å². The highest BCUT2D eigenvalue weighted by Gasteiger charge is 2.36. The van der Waals surface area contributed by atoms with Gasteiger partial charge in [0.05, 0.1) is 4.90 Å². The molecule has 4 nitrogen and oxygen atoms in total. The van der Waals surface area contributed by atoms with Gasteiger partial charge in [0, 0.05) is 5.71 Å². The smallest absolute Gasteiger partial charge is 0.200 e. The molecule has 1 saturated carbocycles. The number of unbranched alkanes of at least 4 members (excludes halogenated alkanes) is 2. The van der Waals surface area contributed by atoms with Crippen molar-refractivity contribution >= 4 is 15.7 Å². The van der Waals surface area contributed by atoms with Crippen molar-refractivity contribution < 1.29 is 8.42 Å². The van der Waals surface area contributed by atoms with Crippen LogP contribution in [0.4, 0.5) is 0 Å². The second kappa shape index (κ2) is 9.72. The molecule has 1 atom stereocenters. The van der Waals surface area contributed by atoms with Crippen LogP contribution < -0.4 is 4.83 Å². The van der Waals surface area contributed by atoms with Crippen molar-refractivity contribution in [3.8, 4) is 0 Å². The number of nitrogens with one attached hydrogen (secondary N) is 1. The van der Waals surface area contributed by atoms with E-state index in [9.17, 15) is 8.42 Å². The molecule has 2 rings (SSSR count). The quantitative estimate of drug-likeness (QED) is 0.539. The van der Waals surface area contributed by atoms with E-state index in [1.807, 2.05) is 19.1 Å². The molecule has 0 bridgehead atoms. The molecular formula is C22H36N2O2S. The highest BCUT2D eigenvalue weighted by atomic mass is 32.2. The Balaban J connectivity index is 2.17. The first kappa shape index (κ1) is 21.9. The summed E-state index contributed by atoms with van der Waals surface area (Å²) < 4.78 is 25.2. The number of benzene rings is 1. The Morgan fingerprint density at radius 1 is 1.11 bits per heavy atom. The topological polar surface area (TPSA) is 58.5 Å². The first-order valence-corrected chi connectivity index (χ1v) is 11.9. The van der Waals surface area contributed by atoms with E-state index in [-0.39, 0.29) is 4.90 Å². The highest BCUT2D eigenvalue weighted by molar-refractivity contribution is 7.89. The summed E-state index contributed by atoms with van der Waals surface area (Å²) in [4.78, 5) is 2.77. The van der Waals surface area contributed by atoms with E-state index in [0.29, 0.717) is 11.3 Å². The molecule has 1 aromatic rings. The van der Waals surface area contributed by atoms with Crippen LogP contribution >= 0.6 is 0 Å². The summed E-state index contributed by atoms with van der Waals surface area (Å²) in [7, 11) is -3.61. The van der Waals surface area contributed by atoms with Crippen molar-refractivity contribution in [2.45, 2.75) is 90.4 Å². The summed E-state index contributed by atoms with van der Waals surface area (Å²) in [6, 6.07) is 6.89. The largest absolute Gasteiger partial charge is 0.276 e. The van der Waals surface area contributed by atoms with Gasteiger partial charge in [-0.15, -0.1) is 0 Å². The molecular weight excluding hydrogens is 356 g/mol. The average Bonchev–Trinajstić information content (AvgIpc) is 2.66. The maximum Gasteiger partial charge on any atom is 0.276 e. The Morgan fingerprint density at radius 3 is 2.26 bits per heavy atom. The highest BCUT2D eigenvalue weighted by Crippen LogP contribution is 2.45. The van der Waals surface area contributed by atoms with Gasteiger partial charge in [-0.2, -0.15) is 13.5 Å². The fourth-order valence-electron chi connectivity index (χ4n) is 4.03. The molecule has 1 aromatic carbocycles. The zero-order chi connectivity index (χ0) is 19.9. The number of aryl methyl sites for hydroxylation is 1. The minimum Gasteiger partial charge on any atom is -0.200 e. The zero-order valence-electron chi connectivity index (χ0n) is 17.4. The number of hydrogen-bond acceptors (Lipinski definition) is 3. The van der Waals surface area contributed by atoms with E-state index in [1.54, 1.807) is 12.1 Å². The van der Waals surface area contributed by atoms with E-state index in [0.717, 1.165) is 24.1 Å². The summed E-state index contributed by atoms with van der Waals surface area (Å²) >= 11 is 0. The number of sulfonamides is 1. The van der Waals surface area contributed by atoms with Crippen molar-refractivity contribution in [1.29, 1.82) is 0 Å². The molecule has 1 aliphatic rings. The van der Waals surface area contributed by atoms with Gasteiger partial charge in [0.25, 0.3) is 10.0 Å². The molecule has 0 radical (unpaired) electrons. The van der Waals surface area contributed by atoms with Crippen LogP contribution in [-0.2, 0) is 10.0 Å². The molecule has 5 heteroatoms. The molecule has 0 saturated heterocycles. The second-order valence-electron chi connectivity index (χ2n) is 8.33. The number of hydrazone groups is 1. The lowest BCUT2D eigenvalue weighted by Crippen LogP contribution is -2.35. The molecule has 1 N–H and O–H groups in total. The fraction of sp³-hybridized carbons (Fsp3) is 0.682. The SMILES string of the molecule is CCCCC1(CCCC)CCC(C)/C(=N\NS(=O)(=O)c2ccc(C)cc2)C1. The van der Waals surface area contributed by atoms with Crippen LogP contribution in [-0.4, -0.2) is 14.1 Å².